The summed E-state index contributed by atoms with van der Waals surface area (Å²) in [5, 5.41) is 0. The first-order valence-corrected chi connectivity index (χ1v) is 4.49. The average molecular weight is 193 g/mol. The lowest BCUT2D eigenvalue weighted by Gasteiger charge is -2.04. The van der Waals surface area contributed by atoms with Gasteiger partial charge in [-0.25, -0.2) is 4.79 Å². The van der Waals surface area contributed by atoms with E-state index in [-0.39, 0.29) is 0 Å². The molecule has 0 spiro atoms. The van der Waals surface area contributed by atoms with Crippen LogP contribution >= 0.6 is 0 Å². The molecule has 0 unspecified atom stereocenters. The molecule has 74 valence electrons. The number of rotatable bonds is 3. The lowest BCUT2D eigenvalue weighted by atomic mass is 10.3. The molecule has 1 saturated carbocycles. The molecule has 0 saturated heterocycles. The maximum absolute atomic E-state index is 11.1. The van der Waals surface area contributed by atoms with Crippen molar-refractivity contribution in [3.05, 3.63) is 24.0 Å². The number of pyridine rings is 1. The zero-order valence-electron chi connectivity index (χ0n) is 7.90. The second kappa shape index (κ2) is 3.65. The summed E-state index contributed by atoms with van der Waals surface area (Å²) in [5.74, 6) is 0.245. The van der Waals surface area contributed by atoms with Crippen LogP contribution in [0.4, 0.5) is 0 Å². The van der Waals surface area contributed by atoms with Crippen LogP contribution in [0.1, 0.15) is 23.2 Å². The summed E-state index contributed by atoms with van der Waals surface area (Å²) in [5.41, 5.74) is 0.422. The average Bonchev–Trinajstić information content (AvgIpc) is 3.01. The van der Waals surface area contributed by atoms with Gasteiger partial charge >= 0.3 is 5.97 Å². The third-order valence-electron chi connectivity index (χ3n) is 1.96. The predicted octanol–water partition coefficient (Wildman–Crippen LogP) is 1.41. The van der Waals surface area contributed by atoms with E-state index < -0.39 is 5.97 Å². The molecule has 0 aliphatic heterocycles. The van der Waals surface area contributed by atoms with Gasteiger partial charge in [-0.15, -0.1) is 0 Å². The zero-order chi connectivity index (χ0) is 9.97. The molecule has 1 aliphatic rings. The van der Waals surface area contributed by atoms with Gasteiger partial charge in [-0.1, -0.05) is 0 Å². The SMILES string of the molecule is COC(=O)c1cncc(OC2CC2)c1. The Hall–Kier alpha value is -1.58. The van der Waals surface area contributed by atoms with Gasteiger partial charge in [-0.05, 0) is 18.9 Å². The fourth-order valence-electron chi connectivity index (χ4n) is 1.09. The Bertz CT molecular complexity index is 347. The third kappa shape index (κ3) is 2.02. The maximum Gasteiger partial charge on any atom is 0.339 e. The topological polar surface area (TPSA) is 48.4 Å². The number of ether oxygens (including phenoxy) is 2. The number of carbonyl (C=O) groups excluding carboxylic acids is 1. The molecule has 1 fully saturated rings. The molecular weight excluding hydrogens is 182 g/mol. The predicted molar refractivity (Wildman–Crippen MR) is 49.2 cm³/mol. The van der Waals surface area contributed by atoms with Crippen molar-refractivity contribution in [1.29, 1.82) is 0 Å². The number of methoxy groups -OCH3 is 1. The van der Waals surface area contributed by atoms with Crippen molar-refractivity contribution in [2.75, 3.05) is 7.11 Å². The van der Waals surface area contributed by atoms with Crippen molar-refractivity contribution in [1.82, 2.24) is 4.98 Å². The van der Waals surface area contributed by atoms with Gasteiger partial charge < -0.3 is 9.47 Å². The van der Waals surface area contributed by atoms with Crippen LogP contribution in [0.3, 0.4) is 0 Å². The first-order chi connectivity index (χ1) is 6.79. The van der Waals surface area contributed by atoms with Crippen LogP contribution < -0.4 is 4.74 Å². The van der Waals surface area contributed by atoms with Crippen molar-refractivity contribution in [3.63, 3.8) is 0 Å². The lowest BCUT2D eigenvalue weighted by molar-refractivity contribution is 0.0599. The summed E-state index contributed by atoms with van der Waals surface area (Å²) < 4.78 is 10.1. The van der Waals surface area contributed by atoms with E-state index in [9.17, 15) is 4.79 Å². The summed E-state index contributed by atoms with van der Waals surface area (Å²) in [6.45, 7) is 0. The van der Waals surface area contributed by atoms with Gasteiger partial charge in [0.15, 0.2) is 0 Å². The highest BCUT2D eigenvalue weighted by Crippen LogP contribution is 2.26. The van der Waals surface area contributed by atoms with Gasteiger partial charge in [0.1, 0.15) is 5.75 Å². The Morgan fingerprint density at radius 1 is 1.50 bits per heavy atom. The van der Waals surface area contributed by atoms with Crippen molar-refractivity contribution in [3.8, 4) is 5.75 Å². The Kier molecular flexibility index (Phi) is 2.35. The second-order valence-electron chi connectivity index (χ2n) is 3.22. The van der Waals surface area contributed by atoms with E-state index in [2.05, 4.69) is 9.72 Å². The molecule has 1 heterocycles. The molecule has 0 bridgehead atoms. The fraction of sp³-hybridized carbons (Fsp3) is 0.400. The molecular formula is C10H11NO3. The molecule has 1 aliphatic carbocycles. The summed E-state index contributed by atoms with van der Waals surface area (Å²) in [6, 6.07) is 1.65. The number of carbonyl (C=O) groups is 1. The van der Waals surface area contributed by atoms with Gasteiger partial charge in [-0.2, -0.15) is 0 Å². The second-order valence-corrected chi connectivity index (χ2v) is 3.22. The van der Waals surface area contributed by atoms with Crippen LogP contribution in [0.5, 0.6) is 5.75 Å². The molecule has 2 rings (SSSR count). The van der Waals surface area contributed by atoms with Crippen molar-refractivity contribution in [2.45, 2.75) is 18.9 Å². The van der Waals surface area contributed by atoms with Crippen LogP contribution in [-0.4, -0.2) is 24.2 Å². The fourth-order valence-corrected chi connectivity index (χ4v) is 1.09. The molecule has 1 aromatic heterocycles. The minimum absolute atomic E-state index is 0.310. The largest absolute Gasteiger partial charge is 0.489 e. The standard InChI is InChI=1S/C10H11NO3/c1-13-10(12)7-4-9(6-11-5-7)14-8-2-3-8/h4-6,8H,2-3H2,1H3. The Morgan fingerprint density at radius 3 is 2.93 bits per heavy atom. The Morgan fingerprint density at radius 2 is 2.29 bits per heavy atom. The number of esters is 1. The van der Waals surface area contributed by atoms with E-state index in [4.69, 9.17) is 4.74 Å². The molecule has 14 heavy (non-hydrogen) atoms. The molecule has 0 aromatic carbocycles. The van der Waals surface area contributed by atoms with E-state index >= 15 is 0 Å². The zero-order valence-corrected chi connectivity index (χ0v) is 7.90. The third-order valence-corrected chi connectivity index (χ3v) is 1.96. The highest BCUT2D eigenvalue weighted by molar-refractivity contribution is 5.89. The molecule has 1 aromatic rings. The molecule has 0 radical (unpaired) electrons. The Balaban J connectivity index is 2.12. The van der Waals surface area contributed by atoms with Crippen molar-refractivity contribution >= 4 is 5.97 Å². The minimum Gasteiger partial charge on any atom is -0.489 e. The summed E-state index contributed by atoms with van der Waals surface area (Å²) in [6.07, 6.45) is 5.55. The van der Waals surface area contributed by atoms with E-state index in [1.54, 1.807) is 12.3 Å². The first kappa shape index (κ1) is 8.99. The quantitative estimate of drug-likeness (QED) is 0.681. The first-order valence-electron chi connectivity index (χ1n) is 4.49. The number of aromatic nitrogens is 1. The molecule has 4 heteroatoms. The summed E-state index contributed by atoms with van der Waals surface area (Å²) in [4.78, 5) is 15.1. The molecule has 0 N–H and O–H groups in total. The highest BCUT2D eigenvalue weighted by Gasteiger charge is 2.23. The van der Waals surface area contributed by atoms with Crippen LogP contribution in [0, 0.1) is 0 Å². The summed E-state index contributed by atoms with van der Waals surface area (Å²) >= 11 is 0. The monoisotopic (exact) mass is 193 g/mol. The normalized spacial score (nSPS) is 14.9. The van der Waals surface area contributed by atoms with Crippen LogP contribution in [-0.2, 0) is 4.74 Å². The van der Waals surface area contributed by atoms with Crippen LogP contribution in [0.25, 0.3) is 0 Å². The van der Waals surface area contributed by atoms with E-state index in [0.29, 0.717) is 17.4 Å². The maximum atomic E-state index is 11.1. The van der Waals surface area contributed by atoms with Crippen LogP contribution in [0.2, 0.25) is 0 Å². The lowest BCUT2D eigenvalue weighted by Crippen LogP contribution is -2.03. The Labute approximate surface area is 81.9 Å². The highest BCUT2D eigenvalue weighted by atomic mass is 16.5. The van der Waals surface area contributed by atoms with Crippen LogP contribution in [0.15, 0.2) is 18.5 Å². The molecule has 0 amide bonds. The smallest absolute Gasteiger partial charge is 0.339 e. The number of hydrogen-bond acceptors (Lipinski definition) is 4. The number of nitrogens with zero attached hydrogens (tertiary/aromatic N) is 1. The van der Waals surface area contributed by atoms with Gasteiger partial charge in [0.25, 0.3) is 0 Å². The van der Waals surface area contributed by atoms with E-state index in [1.807, 2.05) is 0 Å². The summed E-state index contributed by atoms with van der Waals surface area (Å²) in [7, 11) is 1.34. The van der Waals surface area contributed by atoms with E-state index in [0.717, 1.165) is 12.8 Å². The van der Waals surface area contributed by atoms with Gasteiger partial charge in [-0.3, -0.25) is 4.98 Å². The van der Waals surface area contributed by atoms with E-state index in [1.165, 1.54) is 13.3 Å². The van der Waals surface area contributed by atoms with Crippen molar-refractivity contribution < 1.29 is 14.3 Å². The van der Waals surface area contributed by atoms with Crippen molar-refractivity contribution in [2.24, 2.45) is 0 Å². The number of hydrogen-bond donors (Lipinski definition) is 0. The van der Waals surface area contributed by atoms with Gasteiger partial charge in [0.2, 0.25) is 0 Å². The molecule has 0 atom stereocenters. The van der Waals surface area contributed by atoms with Gasteiger partial charge in [0, 0.05) is 6.20 Å². The van der Waals surface area contributed by atoms with Gasteiger partial charge in [0.05, 0.1) is 25.0 Å². The molecule has 4 nitrogen and oxygen atoms in total. The minimum atomic E-state index is -0.390.